The zero-order chi connectivity index (χ0) is 10.6. The Labute approximate surface area is 102 Å². The average Bonchev–Trinajstić information content (AvgIpc) is 2.16. The molecule has 4 aliphatic carbocycles. The number of hydrogen-bond donors (Lipinski definition) is 2. The molecule has 0 spiro atoms. The van der Waals surface area contributed by atoms with Crippen LogP contribution in [-0.4, -0.2) is 24.2 Å². The first-order valence-electron chi connectivity index (χ1n) is 6.05. The SMILES string of the molecule is CNC1C2CC3CC1CC(C(=O)O)(C3)C2.Cl. The minimum absolute atomic E-state index is 0. The molecule has 0 aliphatic heterocycles. The average molecular weight is 246 g/mol. The molecule has 4 saturated carbocycles. The van der Waals surface area contributed by atoms with Gasteiger partial charge < -0.3 is 10.4 Å². The third-order valence-corrected chi connectivity index (χ3v) is 5.06. The summed E-state index contributed by atoms with van der Waals surface area (Å²) in [6, 6.07) is 0.592. The van der Waals surface area contributed by atoms with Crippen LogP contribution >= 0.6 is 12.4 Å². The number of carboxylic acid groups (broad SMARTS) is 1. The van der Waals surface area contributed by atoms with Crippen molar-refractivity contribution in [3.05, 3.63) is 0 Å². The van der Waals surface area contributed by atoms with Gasteiger partial charge in [0.2, 0.25) is 0 Å². The molecule has 4 fully saturated rings. The number of carbonyl (C=O) groups is 1. The number of carboxylic acids is 1. The van der Waals surface area contributed by atoms with E-state index in [2.05, 4.69) is 5.32 Å². The van der Waals surface area contributed by atoms with Crippen LogP contribution in [0.1, 0.15) is 32.1 Å². The summed E-state index contributed by atoms with van der Waals surface area (Å²) in [5, 5.41) is 12.8. The zero-order valence-electron chi connectivity index (χ0n) is 9.61. The predicted molar refractivity (Wildman–Crippen MR) is 63.7 cm³/mol. The molecule has 0 amide bonds. The highest BCUT2D eigenvalue weighted by Gasteiger charge is 2.58. The Bertz CT molecular complexity index is 291. The fourth-order valence-electron chi connectivity index (χ4n) is 4.76. The van der Waals surface area contributed by atoms with Crippen molar-refractivity contribution in [3.8, 4) is 0 Å². The third kappa shape index (κ3) is 1.48. The van der Waals surface area contributed by atoms with Crippen molar-refractivity contribution < 1.29 is 9.90 Å². The summed E-state index contributed by atoms with van der Waals surface area (Å²) in [5.74, 6) is 1.41. The first-order chi connectivity index (χ1) is 7.14. The maximum atomic E-state index is 11.4. The van der Waals surface area contributed by atoms with Crippen LogP contribution in [-0.2, 0) is 4.79 Å². The van der Waals surface area contributed by atoms with Crippen molar-refractivity contribution >= 4 is 18.4 Å². The van der Waals surface area contributed by atoms with Gasteiger partial charge in [0.15, 0.2) is 0 Å². The second-order valence-corrected chi connectivity index (χ2v) is 5.87. The van der Waals surface area contributed by atoms with Gasteiger partial charge in [-0.15, -0.1) is 12.4 Å². The maximum absolute atomic E-state index is 11.4. The fraction of sp³-hybridized carbons (Fsp3) is 0.917. The lowest BCUT2D eigenvalue weighted by atomic mass is 9.48. The largest absolute Gasteiger partial charge is 0.481 e. The van der Waals surface area contributed by atoms with E-state index in [0.717, 1.165) is 19.3 Å². The Morgan fingerprint density at radius 3 is 2.25 bits per heavy atom. The molecule has 0 heterocycles. The van der Waals surface area contributed by atoms with Gasteiger partial charge in [0, 0.05) is 6.04 Å². The molecule has 4 bridgehead atoms. The highest BCUT2D eigenvalue weighted by molar-refractivity contribution is 5.85. The van der Waals surface area contributed by atoms with Crippen molar-refractivity contribution in [2.24, 2.45) is 23.2 Å². The van der Waals surface area contributed by atoms with Gasteiger partial charge in [-0.05, 0) is 56.9 Å². The van der Waals surface area contributed by atoms with Crippen LogP contribution in [0, 0.1) is 23.2 Å². The molecule has 3 nitrogen and oxygen atoms in total. The monoisotopic (exact) mass is 245 g/mol. The predicted octanol–water partition coefficient (Wildman–Crippen LogP) is 1.91. The van der Waals surface area contributed by atoms with Gasteiger partial charge in [-0.2, -0.15) is 0 Å². The van der Waals surface area contributed by atoms with E-state index in [0.29, 0.717) is 23.8 Å². The van der Waals surface area contributed by atoms with E-state index in [1.807, 2.05) is 7.05 Å². The van der Waals surface area contributed by atoms with E-state index in [4.69, 9.17) is 0 Å². The van der Waals surface area contributed by atoms with Crippen LogP contribution in [0.15, 0.2) is 0 Å². The summed E-state index contributed by atoms with van der Waals surface area (Å²) >= 11 is 0. The van der Waals surface area contributed by atoms with Crippen LogP contribution in [0.3, 0.4) is 0 Å². The van der Waals surface area contributed by atoms with Gasteiger partial charge in [0.05, 0.1) is 5.41 Å². The molecule has 16 heavy (non-hydrogen) atoms. The Morgan fingerprint density at radius 1 is 1.25 bits per heavy atom. The molecule has 0 radical (unpaired) electrons. The highest BCUT2D eigenvalue weighted by atomic mass is 35.5. The van der Waals surface area contributed by atoms with Crippen molar-refractivity contribution in [1.82, 2.24) is 5.32 Å². The molecule has 4 heteroatoms. The number of rotatable bonds is 2. The molecule has 0 aromatic carbocycles. The summed E-state index contributed by atoms with van der Waals surface area (Å²) in [6.45, 7) is 0. The van der Waals surface area contributed by atoms with Gasteiger partial charge in [0.25, 0.3) is 0 Å². The van der Waals surface area contributed by atoms with E-state index in [9.17, 15) is 9.90 Å². The Hall–Kier alpha value is -0.280. The van der Waals surface area contributed by atoms with Crippen molar-refractivity contribution in [1.29, 1.82) is 0 Å². The van der Waals surface area contributed by atoms with Crippen LogP contribution in [0.5, 0.6) is 0 Å². The molecule has 0 aromatic rings. The first-order valence-corrected chi connectivity index (χ1v) is 6.05. The summed E-state index contributed by atoms with van der Waals surface area (Å²) in [7, 11) is 2.03. The van der Waals surface area contributed by atoms with Crippen molar-refractivity contribution in [3.63, 3.8) is 0 Å². The third-order valence-electron chi connectivity index (χ3n) is 5.06. The number of halogens is 1. The van der Waals surface area contributed by atoms with E-state index >= 15 is 0 Å². The Morgan fingerprint density at radius 2 is 1.81 bits per heavy atom. The van der Waals surface area contributed by atoms with Crippen LogP contribution < -0.4 is 5.32 Å². The van der Waals surface area contributed by atoms with Gasteiger partial charge >= 0.3 is 5.97 Å². The standard InChI is InChI=1S/C12H19NO2.ClH/c1-13-10-8-2-7-3-9(10)6-12(4-7,5-8)11(14)15;/h7-10,13H,2-6H2,1H3,(H,14,15);1H. The molecule has 4 aliphatic rings. The molecule has 2 unspecified atom stereocenters. The molecule has 2 N–H and O–H groups in total. The summed E-state index contributed by atoms with van der Waals surface area (Å²) in [6.07, 6.45) is 5.31. The maximum Gasteiger partial charge on any atom is 0.309 e. The molecule has 0 aromatic heterocycles. The highest BCUT2D eigenvalue weighted by Crippen LogP contribution is 2.59. The molecule has 2 atom stereocenters. The quantitative estimate of drug-likeness (QED) is 0.782. The minimum Gasteiger partial charge on any atom is -0.481 e. The van der Waals surface area contributed by atoms with E-state index < -0.39 is 5.97 Å². The van der Waals surface area contributed by atoms with Crippen molar-refractivity contribution in [2.75, 3.05) is 7.05 Å². The smallest absolute Gasteiger partial charge is 0.309 e. The molecule has 4 rings (SSSR count). The van der Waals surface area contributed by atoms with E-state index in [-0.39, 0.29) is 17.8 Å². The lowest BCUT2D eigenvalue weighted by Crippen LogP contribution is -2.59. The normalized spacial score (nSPS) is 48.8. The molecule has 0 saturated heterocycles. The minimum atomic E-state index is -0.531. The second-order valence-electron chi connectivity index (χ2n) is 5.87. The van der Waals surface area contributed by atoms with Gasteiger partial charge in [-0.3, -0.25) is 4.79 Å². The molecule has 92 valence electrons. The van der Waals surface area contributed by atoms with Crippen molar-refractivity contribution in [2.45, 2.75) is 38.1 Å². The van der Waals surface area contributed by atoms with Crippen LogP contribution in [0.4, 0.5) is 0 Å². The van der Waals surface area contributed by atoms with E-state index in [1.165, 1.54) is 12.8 Å². The van der Waals surface area contributed by atoms with Gasteiger partial charge in [0.1, 0.15) is 0 Å². The summed E-state index contributed by atoms with van der Waals surface area (Å²) < 4.78 is 0. The Kier molecular flexibility index (Phi) is 2.96. The van der Waals surface area contributed by atoms with Crippen LogP contribution in [0.25, 0.3) is 0 Å². The zero-order valence-corrected chi connectivity index (χ0v) is 10.4. The van der Waals surface area contributed by atoms with Gasteiger partial charge in [-0.1, -0.05) is 0 Å². The van der Waals surface area contributed by atoms with E-state index in [1.54, 1.807) is 0 Å². The van der Waals surface area contributed by atoms with Crippen LogP contribution in [0.2, 0.25) is 0 Å². The summed E-state index contributed by atoms with van der Waals surface area (Å²) in [4.78, 5) is 11.4. The Balaban J connectivity index is 0.000000963. The topological polar surface area (TPSA) is 49.3 Å². The lowest BCUT2D eigenvalue weighted by molar-refractivity contribution is -0.167. The lowest BCUT2D eigenvalue weighted by Gasteiger charge is -2.58. The number of hydrogen-bond acceptors (Lipinski definition) is 2. The number of aliphatic carboxylic acids is 1. The molecular weight excluding hydrogens is 226 g/mol. The summed E-state index contributed by atoms with van der Waals surface area (Å²) in [5.41, 5.74) is -0.343. The second kappa shape index (κ2) is 3.88. The van der Waals surface area contributed by atoms with Gasteiger partial charge in [-0.25, -0.2) is 0 Å². The number of nitrogens with one attached hydrogen (secondary N) is 1. The first kappa shape index (κ1) is 12.2. The molecular formula is C12H20ClNO2. The fourth-order valence-corrected chi connectivity index (χ4v) is 4.76.